The van der Waals surface area contributed by atoms with Crippen molar-refractivity contribution in [1.82, 2.24) is 9.62 Å². The van der Waals surface area contributed by atoms with Crippen molar-refractivity contribution in [3.63, 3.8) is 0 Å². The Balaban J connectivity index is 2.32. The molecule has 1 aromatic carbocycles. The van der Waals surface area contributed by atoms with Crippen LogP contribution in [0.1, 0.15) is 6.42 Å². The predicted molar refractivity (Wildman–Crippen MR) is 67.2 cm³/mol. The predicted octanol–water partition coefficient (Wildman–Crippen LogP) is -0.221. The van der Waals surface area contributed by atoms with Crippen LogP contribution >= 0.6 is 0 Å². The second kappa shape index (κ2) is 4.95. The van der Waals surface area contributed by atoms with Crippen LogP contribution < -0.4 is 11.1 Å². The molecule has 1 aromatic rings. The third kappa shape index (κ3) is 2.62. The van der Waals surface area contributed by atoms with E-state index in [0.29, 0.717) is 25.2 Å². The summed E-state index contributed by atoms with van der Waals surface area (Å²) in [5, 5.41) is 2.64. The molecule has 0 aliphatic carbocycles. The van der Waals surface area contributed by atoms with Gasteiger partial charge in [0.1, 0.15) is 0 Å². The number of hydrogen-bond donors (Lipinski definition) is 2. The zero-order valence-corrected chi connectivity index (χ0v) is 10.6. The van der Waals surface area contributed by atoms with Gasteiger partial charge in [-0.2, -0.15) is 4.31 Å². The van der Waals surface area contributed by atoms with Crippen LogP contribution in [0.2, 0.25) is 0 Å². The Kier molecular flexibility index (Phi) is 3.53. The molecule has 1 heterocycles. The quantitative estimate of drug-likeness (QED) is 0.726. The largest absolute Gasteiger partial charge is 0.399 e. The van der Waals surface area contributed by atoms with Crippen LogP contribution in [0.25, 0.3) is 0 Å². The maximum absolute atomic E-state index is 12.3. The van der Waals surface area contributed by atoms with Gasteiger partial charge in [-0.25, -0.2) is 8.42 Å². The van der Waals surface area contributed by atoms with Crippen LogP contribution in [0.15, 0.2) is 29.2 Å². The van der Waals surface area contributed by atoms with Gasteiger partial charge in [0.25, 0.3) is 0 Å². The molecule has 0 radical (unpaired) electrons. The fourth-order valence-electron chi connectivity index (χ4n) is 1.81. The highest BCUT2D eigenvalue weighted by Gasteiger charge is 2.27. The van der Waals surface area contributed by atoms with Crippen molar-refractivity contribution in [3.05, 3.63) is 24.3 Å². The SMILES string of the molecule is Nc1cccc(S(=O)(=O)N2CCCNC(=O)C2)c1. The summed E-state index contributed by atoms with van der Waals surface area (Å²) in [5.41, 5.74) is 5.97. The van der Waals surface area contributed by atoms with Crippen LogP contribution in [0.5, 0.6) is 0 Å². The first-order valence-electron chi connectivity index (χ1n) is 5.62. The number of anilines is 1. The van der Waals surface area contributed by atoms with Crippen molar-refractivity contribution in [2.24, 2.45) is 0 Å². The van der Waals surface area contributed by atoms with Crippen LogP contribution in [0.4, 0.5) is 5.69 Å². The van der Waals surface area contributed by atoms with Crippen molar-refractivity contribution in [2.45, 2.75) is 11.3 Å². The molecule has 0 atom stereocenters. The molecule has 7 heteroatoms. The molecule has 1 fully saturated rings. The number of rotatable bonds is 2. The molecule has 0 spiro atoms. The molecule has 98 valence electrons. The molecule has 2 rings (SSSR count). The minimum atomic E-state index is -3.65. The number of hydrogen-bond acceptors (Lipinski definition) is 4. The summed E-state index contributed by atoms with van der Waals surface area (Å²) in [7, 11) is -3.65. The monoisotopic (exact) mass is 269 g/mol. The molecule has 1 aliphatic heterocycles. The molecular formula is C11H15N3O3S. The second-order valence-electron chi connectivity index (χ2n) is 4.11. The van der Waals surface area contributed by atoms with Gasteiger partial charge in [-0.15, -0.1) is 0 Å². The highest BCUT2D eigenvalue weighted by atomic mass is 32.2. The van der Waals surface area contributed by atoms with E-state index in [1.165, 1.54) is 16.4 Å². The average molecular weight is 269 g/mol. The zero-order valence-electron chi connectivity index (χ0n) is 9.80. The Morgan fingerprint density at radius 2 is 2.11 bits per heavy atom. The highest BCUT2D eigenvalue weighted by Crippen LogP contribution is 2.18. The van der Waals surface area contributed by atoms with Crippen molar-refractivity contribution < 1.29 is 13.2 Å². The van der Waals surface area contributed by atoms with Gasteiger partial charge in [0, 0.05) is 18.8 Å². The topological polar surface area (TPSA) is 92.5 Å². The number of amides is 1. The normalized spacial score (nSPS) is 18.1. The molecule has 3 N–H and O–H groups in total. The van der Waals surface area contributed by atoms with Gasteiger partial charge in [-0.1, -0.05) is 6.07 Å². The first-order valence-corrected chi connectivity index (χ1v) is 7.06. The number of nitrogens with one attached hydrogen (secondary N) is 1. The Morgan fingerprint density at radius 3 is 2.83 bits per heavy atom. The summed E-state index contributed by atoms with van der Waals surface area (Å²) < 4.78 is 25.8. The second-order valence-corrected chi connectivity index (χ2v) is 6.05. The van der Waals surface area contributed by atoms with Gasteiger partial charge in [0.05, 0.1) is 11.4 Å². The molecule has 1 amide bonds. The standard InChI is InChI=1S/C11H15N3O3S/c12-9-3-1-4-10(7-9)18(16,17)14-6-2-5-13-11(15)8-14/h1,3-4,7H,2,5-6,8,12H2,(H,13,15). The van der Waals surface area contributed by atoms with E-state index in [1.807, 2.05) is 0 Å². The Bertz CT molecular complexity index is 556. The fourth-order valence-corrected chi connectivity index (χ4v) is 3.30. The van der Waals surface area contributed by atoms with E-state index in [1.54, 1.807) is 12.1 Å². The molecule has 18 heavy (non-hydrogen) atoms. The van der Waals surface area contributed by atoms with Crippen LogP contribution in [0, 0.1) is 0 Å². The van der Waals surface area contributed by atoms with Crippen molar-refractivity contribution in [3.8, 4) is 0 Å². The number of nitrogen functional groups attached to an aromatic ring is 1. The van der Waals surface area contributed by atoms with E-state index >= 15 is 0 Å². The minimum absolute atomic E-state index is 0.122. The van der Waals surface area contributed by atoms with Gasteiger partial charge in [-0.3, -0.25) is 4.79 Å². The fraction of sp³-hybridized carbons (Fsp3) is 0.364. The van der Waals surface area contributed by atoms with E-state index in [0.717, 1.165) is 0 Å². The minimum Gasteiger partial charge on any atom is -0.399 e. The van der Waals surface area contributed by atoms with E-state index in [9.17, 15) is 13.2 Å². The third-order valence-electron chi connectivity index (χ3n) is 2.72. The molecule has 0 saturated carbocycles. The number of sulfonamides is 1. The lowest BCUT2D eigenvalue weighted by molar-refractivity contribution is -0.120. The molecule has 0 aromatic heterocycles. The smallest absolute Gasteiger partial charge is 0.243 e. The molecule has 0 bridgehead atoms. The van der Waals surface area contributed by atoms with Crippen molar-refractivity contribution in [2.75, 3.05) is 25.4 Å². The maximum atomic E-state index is 12.3. The lowest BCUT2D eigenvalue weighted by atomic mass is 10.3. The molecule has 1 saturated heterocycles. The summed E-state index contributed by atoms with van der Waals surface area (Å²) >= 11 is 0. The van der Waals surface area contributed by atoms with E-state index < -0.39 is 10.0 Å². The summed E-state index contributed by atoms with van der Waals surface area (Å²) in [6, 6.07) is 6.08. The van der Waals surface area contributed by atoms with Gasteiger partial charge in [0.2, 0.25) is 15.9 Å². The van der Waals surface area contributed by atoms with Gasteiger partial charge >= 0.3 is 0 Å². The summed E-state index contributed by atoms with van der Waals surface area (Å²) in [4.78, 5) is 11.5. The number of nitrogens with zero attached hydrogens (tertiary/aromatic N) is 1. The Hall–Kier alpha value is -1.60. The lowest BCUT2D eigenvalue weighted by Crippen LogP contribution is -2.37. The van der Waals surface area contributed by atoms with Gasteiger partial charge in [0.15, 0.2) is 0 Å². The maximum Gasteiger partial charge on any atom is 0.243 e. The number of nitrogens with two attached hydrogens (primary N) is 1. The molecule has 6 nitrogen and oxygen atoms in total. The molecule has 1 aliphatic rings. The van der Waals surface area contributed by atoms with Crippen LogP contribution in [-0.2, 0) is 14.8 Å². The lowest BCUT2D eigenvalue weighted by Gasteiger charge is -2.18. The molecular weight excluding hydrogens is 254 g/mol. The van der Waals surface area contributed by atoms with E-state index in [2.05, 4.69) is 5.32 Å². The number of benzene rings is 1. The summed E-state index contributed by atoms with van der Waals surface area (Å²) in [6.07, 6.45) is 0.604. The van der Waals surface area contributed by atoms with Crippen molar-refractivity contribution >= 4 is 21.6 Å². The third-order valence-corrected chi connectivity index (χ3v) is 4.56. The Labute approximate surface area is 106 Å². The van der Waals surface area contributed by atoms with E-state index in [-0.39, 0.29) is 17.3 Å². The number of carbonyl (C=O) groups is 1. The van der Waals surface area contributed by atoms with Crippen LogP contribution in [0.3, 0.4) is 0 Å². The zero-order chi connectivity index (χ0) is 13.2. The number of carbonyl (C=O) groups excluding carboxylic acids is 1. The Morgan fingerprint density at radius 1 is 1.33 bits per heavy atom. The summed E-state index contributed by atoms with van der Waals surface area (Å²) in [5.74, 6) is -0.278. The van der Waals surface area contributed by atoms with Crippen molar-refractivity contribution in [1.29, 1.82) is 0 Å². The first kappa shape index (κ1) is 12.8. The van der Waals surface area contributed by atoms with Crippen LogP contribution in [-0.4, -0.2) is 38.3 Å². The van der Waals surface area contributed by atoms with Gasteiger partial charge in [-0.05, 0) is 24.6 Å². The first-order chi connectivity index (χ1) is 8.50. The van der Waals surface area contributed by atoms with E-state index in [4.69, 9.17) is 5.73 Å². The average Bonchev–Trinajstić information content (AvgIpc) is 2.54. The summed E-state index contributed by atoms with van der Waals surface area (Å²) in [6.45, 7) is 0.689. The van der Waals surface area contributed by atoms with Gasteiger partial charge < -0.3 is 11.1 Å². The highest BCUT2D eigenvalue weighted by molar-refractivity contribution is 7.89. The molecule has 0 unspecified atom stereocenters.